The third-order valence-corrected chi connectivity index (χ3v) is 2.53. The van der Waals surface area contributed by atoms with Gasteiger partial charge in [-0.15, -0.1) is 0 Å². The van der Waals surface area contributed by atoms with Crippen molar-refractivity contribution in [3.8, 4) is 0 Å². The van der Waals surface area contributed by atoms with Crippen LogP contribution in [-0.2, 0) is 18.3 Å². The standard InChI is InChI=1S/C9H13N3O/c1-6-3-8(6)9(13)4-7-5-10-12(2)11-7/h5-6,8H,3-4H2,1-2H3. The lowest BCUT2D eigenvalue weighted by Crippen LogP contribution is -2.07. The van der Waals surface area contributed by atoms with E-state index in [1.165, 1.54) is 4.80 Å². The summed E-state index contributed by atoms with van der Waals surface area (Å²) in [5, 5.41) is 7.99. The summed E-state index contributed by atoms with van der Waals surface area (Å²) in [5.41, 5.74) is 0.784. The fraction of sp³-hybridized carbons (Fsp3) is 0.667. The zero-order chi connectivity index (χ0) is 9.42. The molecule has 1 aromatic rings. The second-order valence-electron chi connectivity index (χ2n) is 3.79. The van der Waals surface area contributed by atoms with Gasteiger partial charge in [0.05, 0.1) is 18.3 Å². The summed E-state index contributed by atoms with van der Waals surface area (Å²) in [6.07, 6.45) is 3.16. The zero-order valence-corrected chi connectivity index (χ0v) is 7.90. The lowest BCUT2D eigenvalue weighted by molar-refractivity contribution is -0.119. The summed E-state index contributed by atoms with van der Waals surface area (Å²) in [4.78, 5) is 13.0. The van der Waals surface area contributed by atoms with E-state index in [0.29, 0.717) is 24.0 Å². The van der Waals surface area contributed by atoms with Gasteiger partial charge in [-0.05, 0) is 12.3 Å². The Morgan fingerprint density at radius 1 is 1.77 bits per heavy atom. The average molecular weight is 179 g/mol. The quantitative estimate of drug-likeness (QED) is 0.682. The molecule has 0 radical (unpaired) electrons. The van der Waals surface area contributed by atoms with E-state index >= 15 is 0 Å². The van der Waals surface area contributed by atoms with Crippen LogP contribution in [0, 0.1) is 11.8 Å². The van der Waals surface area contributed by atoms with Crippen molar-refractivity contribution in [2.24, 2.45) is 18.9 Å². The van der Waals surface area contributed by atoms with Crippen LogP contribution in [0.5, 0.6) is 0 Å². The van der Waals surface area contributed by atoms with E-state index in [0.717, 1.165) is 12.1 Å². The van der Waals surface area contributed by atoms with Crippen LogP contribution in [0.15, 0.2) is 6.20 Å². The predicted molar refractivity (Wildman–Crippen MR) is 47.0 cm³/mol. The summed E-state index contributed by atoms with van der Waals surface area (Å²) in [6, 6.07) is 0. The Labute approximate surface area is 76.9 Å². The van der Waals surface area contributed by atoms with E-state index in [2.05, 4.69) is 17.1 Å². The van der Waals surface area contributed by atoms with Crippen LogP contribution in [0.25, 0.3) is 0 Å². The topological polar surface area (TPSA) is 47.8 Å². The normalized spacial score (nSPS) is 26.0. The number of aromatic nitrogens is 3. The second kappa shape index (κ2) is 2.94. The van der Waals surface area contributed by atoms with Gasteiger partial charge in [-0.25, -0.2) is 0 Å². The second-order valence-corrected chi connectivity index (χ2v) is 3.79. The summed E-state index contributed by atoms with van der Waals surface area (Å²) in [6.45, 7) is 2.11. The van der Waals surface area contributed by atoms with Crippen LogP contribution in [0.1, 0.15) is 19.0 Å². The number of hydrogen-bond donors (Lipinski definition) is 0. The van der Waals surface area contributed by atoms with Crippen molar-refractivity contribution < 1.29 is 4.79 Å². The maximum atomic E-state index is 11.5. The molecule has 2 rings (SSSR count). The van der Waals surface area contributed by atoms with Gasteiger partial charge < -0.3 is 0 Å². The summed E-state index contributed by atoms with van der Waals surface area (Å²) in [5.74, 6) is 1.19. The highest BCUT2D eigenvalue weighted by molar-refractivity contribution is 5.85. The lowest BCUT2D eigenvalue weighted by atomic mass is 10.1. The molecule has 0 N–H and O–H groups in total. The molecule has 2 atom stereocenters. The summed E-state index contributed by atoms with van der Waals surface area (Å²) < 4.78 is 0. The maximum absolute atomic E-state index is 11.5. The molecule has 2 unspecified atom stereocenters. The molecule has 0 spiro atoms. The average Bonchev–Trinajstić information content (AvgIpc) is 2.66. The molecule has 0 aliphatic heterocycles. The third-order valence-electron chi connectivity index (χ3n) is 2.53. The molecule has 1 aromatic heterocycles. The fourth-order valence-electron chi connectivity index (χ4n) is 1.55. The number of ketones is 1. The van der Waals surface area contributed by atoms with Crippen molar-refractivity contribution in [2.45, 2.75) is 19.8 Å². The Hall–Kier alpha value is -1.19. The number of carbonyl (C=O) groups is 1. The minimum Gasteiger partial charge on any atom is -0.299 e. The van der Waals surface area contributed by atoms with Crippen LogP contribution in [0.3, 0.4) is 0 Å². The molecular weight excluding hydrogens is 166 g/mol. The molecule has 0 aromatic carbocycles. The smallest absolute Gasteiger partial charge is 0.142 e. The Morgan fingerprint density at radius 2 is 2.46 bits per heavy atom. The summed E-state index contributed by atoms with van der Waals surface area (Å²) >= 11 is 0. The van der Waals surface area contributed by atoms with Gasteiger partial charge in [-0.2, -0.15) is 15.0 Å². The zero-order valence-electron chi connectivity index (χ0n) is 7.90. The first-order valence-corrected chi connectivity index (χ1v) is 4.54. The van der Waals surface area contributed by atoms with Crippen LogP contribution in [-0.4, -0.2) is 20.8 Å². The molecule has 13 heavy (non-hydrogen) atoms. The molecule has 0 saturated heterocycles. The van der Waals surface area contributed by atoms with Crippen LogP contribution in [0.2, 0.25) is 0 Å². The molecule has 4 nitrogen and oxygen atoms in total. The van der Waals surface area contributed by atoms with Crippen molar-refractivity contribution in [2.75, 3.05) is 0 Å². The Balaban J connectivity index is 1.95. The molecule has 70 valence electrons. The van der Waals surface area contributed by atoms with E-state index in [9.17, 15) is 4.79 Å². The molecule has 1 aliphatic carbocycles. The van der Waals surface area contributed by atoms with E-state index in [1.54, 1.807) is 13.2 Å². The molecular formula is C9H13N3O. The van der Waals surface area contributed by atoms with E-state index in [-0.39, 0.29) is 0 Å². The van der Waals surface area contributed by atoms with E-state index in [1.807, 2.05) is 0 Å². The first kappa shape index (κ1) is 8.41. The molecule has 1 heterocycles. The van der Waals surface area contributed by atoms with E-state index < -0.39 is 0 Å². The molecule has 1 aliphatic rings. The Morgan fingerprint density at radius 3 is 2.92 bits per heavy atom. The fourth-order valence-corrected chi connectivity index (χ4v) is 1.55. The van der Waals surface area contributed by atoms with Crippen molar-refractivity contribution in [1.29, 1.82) is 0 Å². The molecule has 0 bridgehead atoms. The van der Waals surface area contributed by atoms with Crippen LogP contribution < -0.4 is 0 Å². The van der Waals surface area contributed by atoms with Gasteiger partial charge in [0.1, 0.15) is 5.78 Å². The van der Waals surface area contributed by atoms with Crippen molar-refractivity contribution in [1.82, 2.24) is 15.0 Å². The van der Waals surface area contributed by atoms with Crippen molar-refractivity contribution >= 4 is 5.78 Å². The van der Waals surface area contributed by atoms with Crippen molar-refractivity contribution in [3.63, 3.8) is 0 Å². The summed E-state index contributed by atoms with van der Waals surface area (Å²) in [7, 11) is 1.76. The number of rotatable bonds is 3. The molecule has 4 heteroatoms. The van der Waals surface area contributed by atoms with Crippen molar-refractivity contribution in [3.05, 3.63) is 11.9 Å². The van der Waals surface area contributed by atoms with Gasteiger partial charge in [-0.3, -0.25) is 4.79 Å². The monoisotopic (exact) mass is 179 g/mol. The molecule has 1 saturated carbocycles. The number of aryl methyl sites for hydroxylation is 1. The SMILES string of the molecule is CC1CC1C(=O)Cc1cnn(C)n1. The third kappa shape index (κ3) is 1.76. The van der Waals surface area contributed by atoms with Gasteiger partial charge in [0.15, 0.2) is 0 Å². The highest BCUT2D eigenvalue weighted by Gasteiger charge is 2.38. The van der Waals surface area contributed by atoms with Crippen LogP contribution >= 0.6 is 0 Å². The predicted octanol–water partition coefficient (Wildman–Crippen LogP) is 0.583. The number of carbonyl (C=O) groups excluding carboxylic acids is 1. The van der Waals surface area contributed by atoms with Gasteiger partial charge in [0.25, 0.3) is 0 Å². The highest BCUT2D eigenvalue weighted by Crippen LogP contribution is 2.38. The lowest BCUT2D eigenvalue weighted by Gasteiger charge is -1.93. The minimum absolute atomic E-state index is 0.294. The molecule has 1 fully saturated rings. The number of nitrogens with zero attached hydrogens (tertiary/aromatic N) is 3. The minimum atomic E-state index is 0.294. The van der Waals surface area contributed by atoms with Gasteiger partial charge >= 0.3 is 0 Å². The first-order valence-electron chi connectivity index (χ1n) is 4.54. The van der Waals surface area contributed by atoms with E-state index in [4.69, 9.17) is 0 Å². The Kier molecular flexibility index (Phi) is 1.90. The maximum Gasteiger partial charge on any atom is 0.142 e. The number of Topliss-reactive ketones (excluding diaryl/α,β-unsaturated/α-hetero) is 1. The highest BCUT2D eigenvalue weighted by atomic mass is 16.1. The van der Waals surface area contributed by atoms with Gasteiger partial charge in [0, 0.05) is 13.0 Å². The largest absolute Gasteiger partial charge is 0.299 e. The van der Waals surface area contributed by atoms with Gasteiger partial charge in [-0.1, -0.05) is 6.92 Å². The first-order chi connectivity index (χ1) is 6.16. The molecule has 0 amide bonds. The Bertz CT molecular complexity index is 331. The van der Waals surface area contributed by atoms with Gasteiger partial charge in [0.2, 0.25) is 0 Å². The van der Waals surface area contributed by atoms with Crippen LogP contribution in [0.4, 0.5) is 0 Å². The number of hydrogen-bond acceptors (Lipinski definition) is 3.